The number of amides is 1. The van der Waals surface area contributed by atoms with Crippen molar-refractivity contribution in [2.24, 2.45) is 5.92 Å². The van der Waals surface area contributed by atoms with Crippen LogP contribution in [0.1, 0.15) is 77.6 Å². The maximum absolute atomic E-state index is 11.9. The van der Waals surface area contributed by atoms with Gasteiger partial charge in [0.05, 0.1) is 6.07 Å². The predicted octanol–water partition coefficient (Wildman–Crippen LogP) is 3.64. The Morgan fingerprint density at radius 2 is 1.64 bits per heavy atom. The highest BCUT2D eigenvalue weighted by Gasteiger charge is 2.18. The number of unbranched alkanes of at least 4 members (excludes halogenated alkanes) is 7. The van der Waals surface area contributed by atoms with Gasteiger partial charge < -0.3 is 10.4 Å². The zero-order chi connectivity index (χ0) is 16.6. The van der Waals surface area contributed by atoms with Crippen LogP contribution in [0.3, 0.4) is 0 Å². The van der Waals surface area contributed by atoms with Gasteiger partial charge in [-0.2, -0.15) is 5.26 Å². The van der Waals surface area contributed by atoms with Crippen molar-refractivity contribution >= 4 is 11.9 Å². The first kappa shape index (κ1) is 20.4. The van der Waals surface area contributed by atoms with Gasteiger partial charge in [-0.15, -0.1) is 0 Å². The average molecular weight is 310 g/mol. The normalized spacial score (nSPS) is 11.6. The van der Waals surface area contributed by atoms with E-state index in [2.05, 4.69) is 18.3 Å². The van der Waals surface area contributed by atoms with Crippen molar-refractivity contribution in [3.05, 3.63) is 0 Å². The molecule has 0 fully saturated rings. The molecule has 5 heteroatoms. The molecular weight excluding hydrogens is 280 g/mol. The summed E-state index contributed by atoms with van der Waals surface area (Å²) in [5.41, 5.74) is 0. The number of nitrogens with one attached hydrogen (secondary N) is 1. The number of carbonyl (C=O) groups excluding carboxylic acids is 1. The molecule has 0 aliphatic rings. The van der Waals surface area contributed by atoms with Crippen LogP contribution in [0.15, 0.2) is 0 Å². The Morgan fingerprint density at radius 3 is 2.18 bits per heavy atom. The first-order chi connectivity index (χ1) is 10.6. The molecule has 1 atom stereocenters. The third-order valence-corrected chi connectivity index (χ3v) is 3.80. The van der Waals surface area contributed by atoms with E-state index in [0.717, 1.165) is 19.3 Å². The van der Waals surface area contributed by atoms with E-state index < -0.39 is 5.97 Å². The molecule has 126 valence electrons. The largest absolute Gasteiger partial charge is 0.480 e. The van der Waals surface area contributed by atoms with Crippen molar-refractivity contribution in [3.63, 3.8) is 0 Å². The molecule has 1 amide bonds. The van der Waals surface area contributed by atoms with E-state index >= 15 is 0 Å². The second kappa shape index (κ2) is 14.4. The van der Waals surface area contributed by atoms with Crippen molar-refractivity contribution in [2.45, 2.75) is 77.6 Å². The lowest BCUT2D eigenvalue weighted by Crippen LogP contribution is -2.34. The van der Waals surface area contributed by atoms with E-state index in [1.165, 1.54) is 38.5 Å². The number of carboxylic acids is 1. The van der Waals surface area contributed by atoms with E-state index in [1.54, 1.807) is 0 Å². The molecule has 0 aliphatic heterocycles. The quantitative estimate of drug-likeness (QED) is 0.479. The molecule has 0 rings (SSSR count). The first-order valence-corrected chi connectivity index (χ1v) is 8.48. The minimum Gasteiger partial charge on any atom is -0.480 e. The monoisotopic (exact) mass is 310 g/mol. The number of nitrogens with zero attached hydrogens (tertiary/aromatic N) is 1. The molecule has 0 aromatic heterocycles. The molecule has 0 radical (unpaired) electrons. The van der Waals surface area contributed by atoms with Crippen LogP contribution in [-0.4, -0.2) is 23.5 Å². The number of hydrogen-bond acceptors (Lipinski definition) is 3. The van der Waals surface area contributed by atoms with Crippen molar-refractivity contribution < 1.29 is 14.7 Å². The van der Waals surface area contributed by atoms with E-state index in [-0.39, 0.29) is 18.4 Å². The standard InChI is InChI=1S/C17H30N2O3/c1-2-3-4-5-6-7-8-9-11-15(12-10-13-18)17(22)19-14-16(20)21/h15H,2-12,14H2,1H3,(H,19,22)(H,20,21). The van der Waals surface area contributed by atoms with Gasteiger partial charge in [-0.3, -0.25) is 9.59 Å². The van der Waals surface area contributed by atoms with Gasteiger partial charge in [0.25, 0.3) is 0 Å². The highest BCUT2D eigenvalue weighted by Crippen LogP contribution is 2.17. The minimum atomic E-state index is -1.04. The maximum atomic E-state index is 11.9. The van der Waals surface area contributed by atoms with Gasteiger partial charge in [0.2, 0.25) is 5.91 Å². The Bertz CT molecular complexity index is 350. The molecule has 0 saturated carbocycles. The highest BCUT2D eigenvalue weighted by atomic mass is 16.4. The van der Waals surface area contributed by atoms with Gasteiger partial charge in [-0.25, -0.2) is 0 Å². The Balaban J connectivity index is 3.87. The zero-order valence-electron chi connectivity index (χ0n) is 13.8. The predicted molar refractivity (Wildman–Crippen MR) is 86.2 cm³/mol. The van der Waals surface area contributed by atoms with Crippen LogP contribution in [0.4, 0.5) is 0 Å². The number of aliphatic carboxylic acids is 1. The van der Waals surface area contributed by atoms with Crippen LogP contribution in [-0.2, 0) is 9.59 Å². The third-order valence-electron chi connectivity index (χ3n) is 3.80. The molecule has 0 bridgehead atoms. The molecular formula is C17H30N2O3. The minimum absolute atomic E-state index is 0.236. The molecule has 0 aliphatic carbocycles. The molecule has 0 aromatic rings. The fraction of sp³-hybridized carbons (Fsp3) is 0.824. The second-order valence-electron chi connectivity index (χ2n) is 5.77. The second-order valence-corrected chi connectivity index (χ2v) is 5.77. The van der Waals surface area contributed by atoms with Gasteiger partial charge in [-0.05, 0) is 12.8 Å². The zero-order valence-corrected chi connectivity index (χ0v) is 13.8. The van der Waals surface area contributed by atoms with E-state index in [1.807, 2.05) is 0 Å². The lowest BCUT2D eigenvalue weighted by Gasteiger charge is -2.14. The van der Waals surface area contributed by atoms with Crippen LogP contribution in [0.2, 0.25) is 0 Å². The lowest BCUT2D eigenvalue weighted by molar-refractivity contribution is -0.138. The summed E-state index contributed by atoms with van der Waals surface area (Å²) in [6, 6.07) is 2.05. The molecule has 22 heavy (non-hydrogen) atoms. The average Bonchev–Trinajstić information content (AvgIpc) is 2.50. The van der Waals surface area contributed by atoms with Crippen molar-refractivity contribution in [1.82, 2.24) is 5.32 Å². The van der Waals surface area contributed by atoms with Crippen molar-refractivity contribution in [1.29, 1.82) is 5.26 Å². The summed E-state index contributed by atoms with van der Waals surface area (Å²) in [6.07, 6.45) is 11.2. The Kier molecular flexibility index (Phi) is 13.3. The fourth-order valence-corrected chi connectivity index (χ4v) is 2.48. The number of nitriles is 1. The summed E-state index contributed by atoms with van der Waals surface area (Å²) >= 11 is 0. The van der Waals surface area contributed by atoms with Gasteiger partial charge in [-0.1, -0.05) is 58.3 Å². The number of hydrogen-bond donors (Lipinski definition) is 2. The number of carboxylic acid groups (broad SMARTS) is 1. The van der Waals surface area contributed by atoms with Gasteiger partial charge in [0, 0.05) is 12.3 Å². The molecule has 0 heterocycles. The number of carbonyl (C=O) groups is 2. The highest BCUT2D eigenvalue weighted by molar-refractivity contribution is 5.82. The maximum Gasteiger partial charge on any atom is 0.322 e. The van der Waals surface area contributed by atoms with E-state index in [9.17, 15) is 9.59 Å². The van der Waals surface area contributed by atoms with E-state index in [4.69, 9.17) is 10.4 Å². The molecule has 0 saturated heterocycles. The molecule has 5 nitrogen and oxygen atoms in total. The van der Waals surface area contributed by atoms with Gasteiger partial charge in [0.1, 0.15) is 6.54 Å². The topological polar surface area (TPSA) is 90.2 Å². The van der Waals surface area contributed by atoms with Crippen LogP contribution in [0, 0.1) is 17.2 Å². The van der Waals surface area contributed by atoms with Crippen LogP contribution in [0.5, 0.6) is 0 Å². The first-order valence-electron chi connectivity index (χ1n) is 8.48. The third kappa shape index (κ3) is 12.2. The molecule has 0 aromatic carbocycles. The molecule has 2 N–H and O–H groups in total. The SMILES string of the molecule is CCCCCCCCCCC(CCC#N)C(=O)NCC(=O)O. The fourth-order valence-electron chi connectivity index (χ4n) is 2.48. The van der Waals surface area contributed by atoms with Gasteiger partial charge >= 0.3 is 5.97 Å². The molecule has 1 unspecified atom stereocenters. The summed E-state index contributed by atoms with van der Waals surface area (Å²) in [4.78, 5) is 22.4. The summed E-state index contributed by atoms with van der Waals surface area (Å²) in [6.45, 7) is 1.86. The lowest BCUT2D eigenvalue weighted by atomic mass is 9.95. The van der Waals surface area contributed by atoms with Crippen molar-refractivity contribution in [2.75, 3.05) is 6.54 Å². The number of rotatable bonds is 14. The smallest absolute Gasteiger partial charge is 0.322 e. The Hall–Kier alpha value is -1.57. The summed E-state index contributed by atoms with van der Waals surface area (Å²) < 4.78 is 0. The van der Waals surface area contributed by atoms with E-state index in [0.29, 0.717) is 12.8 Å². The van der Waals surface area contributed by atoms with Crippen molar-refractivity contribution in [3.8, 4) is 6.07 Å². The Morgan fingerprint density at radius 1 is 1.05 bits per heavy atom. The molecule has 0 spiro atoms. The van der Waals surface area contributed by atoms with Crippen LogP contribution < -0.4 is 5.32 Å². The van der Waals surface area contributed by atoms with Crippen LogP contribution >= 0.6 is 0 Å². The summed E-state index contributed by atoms with van der Waals surface area (Å²) in [7, 11) is 0. The Labute approximate surface area is 134 Å². The summed E-state index contributed by atoms with van der Waals surface area (Å²) in [5, 5.41) is 19.7. The summed E-state index contributed by atoms with van der Waals surface area (Å²) in [5.74, 6) is -1.51. The van der Waals surface area contributed by atoms with Gasteiger partial charge in [0.15, 0.2) is 0 Å². The van der Waals surface area contributed by atoms with Crippen LogP contribution in [0.25, 0.3) is 0 Å².